The average Bonchev–Trinajstić information content (AvgIpc) is 3.36. The molecule has 2 aromatic carbocycles. The van der Waals surface area contributed by atoms with Crippen LogP contribution >= 0.6 is 11.6 Å². The molecule has 4 aromatic rings. The number of ether oxygens (including phenoxy) is 1. The lowest BCUT2D eigenvalue weighted by Gasteiger charge is -2.35. The van der Waals surface area contributed by atoms with Crippen LogP contribution in [0.15, 0.2) is 67.1 Å². The maximum Gasteiger partial charge on any atom is 0.323 e. The van der Waals surface area contributed by atoms with Crippen molar-refractivity contribution in [2.24, 2.45) is 0 Å². The fraction of sp³-hybridized carbons (Fsp3) is 0.174. The molecule has 0 spiro atoms. The van der Waals surface area contributed by atoms with E-state index in [2.05, 4.69) is 20.4 Å². The van der Waals surface area contributed by atoms with Crippen LogP contribution in [0.4, 0.5) is 13.2 Å². The summed E-state index contributed by atoms with van der Waals surface area (Å²) < 4.78 is 51.7. The van der Waals surface area contributed by atoms with Crippen LogP contribution in [0, 0.1) is 17.1 Å². The molecule has 0 saturated heterocycles. The molecule has 4 rings (SSSR count). The average molecular weight is 501 g/mol. The Morgan fingerprint density at radius 3 is 2.49 bits per heavy atom. The maximum atomic E-state index is 15.7. The molecular weight excluding hydrogens is 485 g/mol. The van der Waals surface area contributed by atoms with Crippen LogP contribution in [-0.4, -0.2) is 30.3 Å². The van der Waals surface area contributed by atoms with Crippen molar-refractivity contribution < 1.29 is 23.0 Å². The molecule has 0 fully saturated rings. The van der Waals surface area contributed by atoms with E-state index in [1.165, 1.54) is 12.1 Å². The summed E-state index contributed by atoms with van der Waals surface area (Å²) in [7, 11) is 0. The number of nitriles is 1. The molecule has 178 valence electrons. The first-order valence-electron chi connectivity index (χ1n) is 10.1. The van der Waals surface area contributed by atoms with Gasteiger partial charge in [-0.15, -0.1) is 10.2 Å². The van der Waals surface area contributed by atoms with Gasteiger partial charge in [-0.3, -0.25) is 4.98 Å². The number of pyridine rings is 1. The number of aromatic nitrogens is 5. The number of tetrazole rings is 1. The molecule has 0 aliphatic rings. The van der Waals surface area contributed by atoms with Gasteiger partial charge in [0.25, 0.3) is 0 Å². The zero-order chi connectivity index (χ0) is 25.1. The molecule has 1 atom stereocenters. The first-order valence-corrected chi connectivity index (χ1v) is 10.5. The van der Waals surface area contributed by atoms with Gasteiger partial charge in [0.15, 0.2) is 11.9 Å². The Labute approximate surface area is 202 Å². The third-order valence-electron chi connectivity index (χ3n) is 5.20. The molecule has 1 unspecified atom stereocenters. The largest absolute Gasteiger partial charge is 0.487 e. The van der Waals surface area contributed by atoms with Crippen LogP contribution in [0.1, 0.15) is 22.4 Å². The van der Waals surface area contributed by atoms with Gasteiger partial charge in [-0.05, 0) is 47.2 Å². The highest BCUT2D eigenvalue weighted by Crippen LogP contribution is 2.47. The van der Waals surface area contributed by atoms with E-state index in [4.69, 9.17) is 21.6 Å². The minimum absolute atomic E-state index is 0.0299. The summed E-state index contributed by atoms with van der Waals surface area (Å²) in [6.45, 7) is -0.807. The highest BCUT2D eigenvalue weighted by Gasteiger charge is 2.58. The number of benzene rings is 2. The van der Waals surface area contributed by atoms with Gasteiger partial charge in [0.1, 0.15) is 30.4 Å². The van der Waals surface area contributed by atoms with Crippen molar-refractivity contribution in [3.63, 3.8) is 0 Å². The van der Waals surface area contributed by atoms with E-state index in [0.29, 0.717) is 5.56 Å². The van der Waals surface area contributed by atoms with E-state index in [9.17, 15) is 9.50 Å². The number of nitrogens with zero attached hydrogens (tertiary/aromatic N) is 6. The molecule has 0 aliphatic carbocycles. The Morgan fingerprint density at radius 2 is 1.89 bits per heavy atom. The van der Waals surface area contributed by atoms with Crippen LogP contribution in [0.25, 0.3) is 0 Å². The molecule has 35 heavy (non-hydrogen) atoms. The fourth-order valence-corrected chi connectivity index (χ4v) is 3.51. The molecule has 2 heterocycles. The topological polar surface area (TPSA) is 110 Å². The third-order valence-corrected chi connectivity index (χ3v) is 5.44. The van der Waals surface area contributed by atoms with Gasteiger partial charge in [0.2, 0.25) is 0 Å². The van der Waals surface area contributed by atoms with Gasteiger partial charge in [-0.25, -0.2) is 4.39 Å². The van der Waals surface area contributed by atoms with Crippen molar-refractivity contribution in [3.8, 4) is 11.8 Å². The summed E-state index contributed by atoms with van der Waals surface area (Å²) in [5.74, 6) is -5.05. The number of hydrogen-bond acceptors (Lipinski definition) is 7. The Morgan fingerprint density at radius 1 is 1.11 bits per heavy atom. The van der Waals surface area contributed by atoms with E-state index in [0.717, 1.165) is 41.1 Å². The van der Waals surface area contributed by atoms with E-state index in [-0.39, 0.29) is 17.4 Å². The third kappa shape index (κ3) is 4.94. The van der Waals surface area contributed by atoms with Crippen LogP contribution in [0.3, 0.4) is 0 Å². The van der Waals surface area contributed by atoms with Crippen molar-refractivity contribution in [2.45, 2.75) is 24.7 Å². The molecule has 2 aromatic heterocycles. The number of hydrogen-bond donors (Lipinski definition) is 1. The number of rotatable bonds is 8. The van der Waals surface area contributed by atoms with Crippen LogP contribution < -0.4 is 4.74 Å². The Hall–Kier alpha value is -4.01. The highest BCUT2D eigenvalue weighted by molar-refractivity contribution is 6.30. The normalized spacial score (nSPS) is 13.1. The van der Waals surface area contributed by atoms with Gasteiger partial charge >= 0.3 is 5.92 Å². The van der Waals surface area contributed by atoms with Gasteiger partial charge < -0.3 is 9.84 Å². The van der Waals surface area contributed by atoms with E-state index in [1.54, 1.807) is 24.3 Å². The van der Waals surface area contributed by atoms with Crippen molar-refractivity contribution in [3.05, 3.63) is 100 Å². The van der Waals surface area contributed by atoms with Gasteiger partial charge in [0.05, 0.1) is 17.8 Å². The maximum absolute atomic E-state index is 15.7. The summed E-state index contributed by atoms with van der Waals surface area (Å²) in [6.07, 6.45) is 2.06. The molecular formula is C23H16ClF3N6O2. The second kappa shape index (κ2) is 9.69. The summed E-state index contributed by atoms with van der Waals surface area (Å²) in [5, 5.41) is 30.6. The first-order chi connectivity index (χ1) is 16.7. The molecule has 0 aliphatic heterocycles. The quantitative estimate of drug-likeness (QED) is 0.389. The summed E-state index contributed by atoms with van der Waals surface area (Å²) >= 11 is 5.76. The predicted molar refractivity (Wildman–Crippen MR) is 117 cm³/mol. The van der Waals surface area contributed by atoms with Gasteiger partial charge in [-0.1, -0.05) is 29.8 Å². The Balaban J connectivity index is 1.61. The van der Waals surface area contributed by atoms with Crippen molar-refractivity contribution in [2.75, 3.05) is 0 Å². The highest BCUT2D eigenvalue weighted by atomic mass is 35.5. The summed E-state index contributed by atoms with van der Waals surface area (Å²) in [5.41, 5.74) is -3.44. The number of alkyl halides is 2. The second-order valence-electron chi connectivity index (χ2n) is 7.50. The van der Waals surface area contributed by atoms with Crippen LogP contribution in [0.2, 0.25) is 5.02 Å². The summed E-state index contributed by atoms with van der Waals surface area (Å²) in [4.78, 5) is 4.49. The zero-order valence-corrected chi connectivity index (χ0v) is 18.6. The van der Waals surface area contributed by atoms with Crippen molar-refractivity contribution >= 4 is 11.6 Å². The SMILES string of the molecule is N#Cc1ccc(COc2ccc(C(F)(F)C(O)(Cn3ncnn3)c3ccc(Cl)cc3F)nc2)cc1. The monoisotopic (exact) mass is 500 g/mol. The zero-order valence-electron chi connectivity index (χ0n) is 17.8. The molecule has 0 bridgehead atoms. The Bertz CT molecular complexity index is 1350. The minimum atomic E-state index is -4.10. The van der Waals surface area contributed by atoms with E-state index < -0.39 is 35.1 Å². The Kier molecular flexibility index (Phi) is 6.68. The van der Waals surface area contributed by atoms with Gasteiger partial charge in [0, 0.05) is 10.6 Å². The van der Waals surface area contributed by atoms with Gasteiger partial charge in [-0.2, -0.15) is 18.8 Å². The fourth-order valence-electron chi connectivity index (χ4n) is 3.35. The molecule has 8 nitrogen and oxygen atoms in total. The molecule has 0 amide bonds. The first kappa shape index (κ1) is 24.1. The molecule has 12 heteroatoms. The lowest BCUT2D eigenvalue weighted by atomic mass is 9.84. The lowest BCUT2D eigenvalue weighted by Crippen LogP contribution is -2.48. The predicted octanol–water partition coefficient (Wildman–Crippen LogP) is 3.99. The summed E-state index contributed by atoms with van der Waals surface area (Å²) in [6, 6.07) is 13.9. The standard InChI is InChI=1S/C23H16ClF3N6O2/c24-17-5-7-19(20(25)9-17)22(34,13-33-31-14-30-32-33)23(26,27)21-8-6-18(11-29-21)35-12-16-3-1-15(10-28)2-4-16/h1-9,11,14,34H,12-13H2. The van der Waals surface area contributed by atoms with E-state index >= 15 is 8.78 Å². The number of aliphatic hydroxyl groups is 1. The molecule has 0 saturated carbocycles. The van der Waals surface area contributed by atoms with Crippen molar-refractivity contribution in [1.82, 2.24) is 25.2 Å². The number of halogens is 4. The van der Waals surface area contributed by atoms with Crippen LogP contribution in [0.5, 0.6) is 5.75 Å². The van der Waals surface area contributed by atoms with Crippen LogP contribution in [-0.2, 0) is 24.7 Å². The van der Waals surface area contributed by atoms with E-state index in [1.807, 2.05) is 6.07 Å². The van der Waals surface area contributed by atoms with Crippen molar-refractivity contribution in [1.29, 1.82) is 5.26 Å². The lowest BCUT2D eigenvalue weighted by molar-refractivity contribution is -0.209. The minimum Gasteiger partial charge on any atom is -0.487 e. The molecule has 0 radical (unpaired) electrons. The molecule has 1 N–H and O–H groups in total. The second-order valence-corrected chi connectivity index (χ2v) is 7.94. The smallest absolute Gasteiger partial charge is 0.323 e.